The van der Waals surface area contributed by atoms with Crippen LogP contribution in [0.15, 0.2) is 18.2 Å². The van der Waals surface area contributed by atoms with Gasteiger partial charge >= 0.3 is 5.97 Å². The van der Waals surface area contributed by atoms with Gasteiger partial charge in [-0.1, -0.05) is 19.1 Å². The maximum absolute atomic E-state index is 11.8. The smallest absolute Gasteiger partial charge is 0.314 e. The molecular weight excluding hydrogens is 230 g/mol. The molecule has 100 valence electrons. The van der Waals surface area contributed by atoms with Crippen LogP contribution in [0.4, 0.5) is 0 Å². The Morgan fingerprint density at radius 1 is 1.39 bits per heavy atom. The molecule has 1 rings (SSSR count). The van der Waals surface area contributed by atoms with E-state index in [1.807, 2.05) is 25.1 Å². The molecule has 0 aliphatic rings. The van der Waals surface area contributed by atoms with Gasteiger partial charge in [-0.3, -0.25) is 4.79 Å². The van der Waals surface area contributed by atoms with Gasteiger partial charge in [0.1, 0.15) is 5.75 Å². The first-order chi connectivity index (χ1) is 8.67. The molecule has 0 fully saturated rings. The van der Waals surface area contributed by atoms with E-state index in [0.29, 0.717) is 6.61 Å². The van der Waals surface area contributed by atoms with Gasteiger partial charge in [0.15, 0.2) is 0 Å². The maximum atomic E-state index is 11.8. The van der Waals surface area contributed by atoms with E-state index in [9.17, 15) is 4.79 Å². The summed E-state index contributed by atoms with van der Waals surface area (Å²) < 4.78 is 10.3. The number of carbonyl (C=O) groups is 1. The Hall–Kier alpha value is -1.55. The zero-order valence-electron chi connectivity index (χ0n) is 11.2. The Balaban J connectivity index is 3.03. The molecule has 4 heteroatoms. The summed E-state index contributed by atoms with van der Waals surface area (Å²) in [7, 11) is 1.64. The summed E-state index contributed by atoms with van der Waals surface area (Å²) in [6, 6.07) is 5.70. The second kappa shape index (κ2) is 7.01. The first kappa shape index (κ1) is 14.5. The van der Waals surface area contributed by atoms with Crippen molar-refractivity contribution in [2.45, 2.75) is 26.2 Å². The van der Waals surface area contributed by atoms with Crippen LogP contribution in [0.1, 0.15) is 30.9 Å². The van der Waals surface area contributed by atoms with Crippen molar-refractivity contribution in [1.82, 2.24) is 0 Å². The zero-order chi connectivity index (χ0) is 13.5. The number of hydrogen-bond acceptors (Lipinski definition) is 4. The van der Waals surface area contributed by atoms with Crippen molar-refractivity contribution in [2.24, 2.45) is 5.73 Å². The van der Waals surface area contributed by atoms with E-state index < -0.39 is 5.92 Å². The van der Waals surface area contributed by atoms with Gasteiger partial charge in [-0.05, 0) is 30.5 Å². The van der Waals surface area contributed by atoms with Gasteiger partial charge in [0.25, 0.3) is 0 Å². The van der Waals surface area contributed by atoms with Crippen LogP contribution in [0, 0.1) is 0 Å². The number of carbonyl (C=O) groups excluding carboxylic acids is 1. The number of aryl methyl sites for hydroxylation is 1. The molecule has 0 heterocycles. The molecule has 0 amide bonds. The first-order valence-electron chi connectivity index (χ1n) is 6.21. The van der Waals surface area contributed by atoms with Crippen molar-refractivity contribution in [3.63, 3.8) is 0 Å². The van der Waals surface area contributed by atoms with E-state index in [1.54, 1.807) is 14.0 Å². The molecule has 0 saturated heterocycles. The fraction of sp³-hybridized carbons (Fsp3) is 0.500. The fourth-order valence-electron chi connectivity index (χ4n) is 1.90. The van der Waals surface area contributed by atoms with E-state index in [2.05, 4.69) is 0 Å². The second-order valence-electron chi connectivity index (χ2n) is 3.97. The summed E-state index contributed by atoms with van der Waals surface area (Å²) >= 11 is 0. The maximum Gasteiger partial charge on any atom is 0.314 e. The molecule has 1 unspecified atom stereocenters. The van der Waals surface area contributed by atoms with E-state index in [-0.39, 0.29) is 12.5 Å². The summed E-state index contributed by atoms with van der Waals surface area (Å²) in [4.78, 5) is 11.8. The van der Waals surface area contributed by atoms with Crippen molar-refractivity contribution in [3.8, 4) is 5.75 Å². The molecule has 0 aliphatic heterocycles. The molecule has 0 aliphatic carbocycles. The van der Waals surface area contributed by atoms with Crippen molar-refractivity contribution >= 4 is 5.97 Å². The quantitative estimate of drug-likeness (QED) is 0.784. The largest absolute Gasteiger partial charge is 0.496 e. The lowest BCUT2D eigenvalue weighted by atomic mass is 9.96. The molecule has 1 aromatic rings. The van der Waals surface area contributed by atoms with Gasteiger partial charge in [-0.15, -0.1) is 0 Å². The predicted molar refractivity (Wildman–Crippen MR) is 70.8 cm³/mol. The fourth-order valence-corrected chi connectivity index (χ4v) is 1.90. The first-order valence-corrected chi connectivity index (χ1v) is 6.21. The molecule has 0 spiro atoms. The van der Waals surface area contributed by atoms with Crippen molar-refractivity contribution in [3.05, 3.63) is 29.3 Å². The van der Waals surface area contributed by atoms with E-state index >= 15 is 0 Å². The number of hydrogen-bond donors (Lipinski definition) is 1. The molecular formula is C14H21NO3. The summed E-state index contributed by atoms with van der Waals surface area (Å²) in [6.07, 6.45) is 0.844. The summed E-state index contributed by atoms with van der Waals surface area (Å²) in [6.45, 7) is 4.45. The Morgan fingerprint density at radius 3 is 2.61 bits per heavy atom. The predicted octanol–water partition coefficient (Wildman–Crippen LogP) is 1.86. The Labute approximate surface area is 108 Å². The van der Waals surface area contributed by atoms with Crippen molar-refractivity contribution in [1.29, 1.82) is 0 Å². The molecule has 1 aromatic carbocycles. The molecule has 2 N–H and O–H groups in total. The third kappa shape index (κ3) is 3.23. The minimum absolute atomic E-state index is 0.244. The Morgan fingerprint density at radius 2 is 2.11 bits per heavy atom. The number of methoxy groups -OCH3 is 1. The standard InChI is InChI=1S/C14H21NO3/c1-4-10-8-11(6-7-13(10)17-3)12(9-15)14(16)18-5-2/h6-8,12H,4-5,9,15H2,1-3H3. The number of ether oxygens (including phenoxy) is 2. The van der Waals surface area contributed by atoms with Gasteiger partial charge < -0.3 is 15.2 Å². The van der Waals surface area contributed by atoms with Crippen LogP contribution < -0.4 is 10.5 Å². The molecule has 0 bridgehead atoms. The zero-order valence-corrected chi connectivity index (χ0v) is 11.2. The Kier molecular flexibility index (Phi) is 5.65. The number of benzene rings is 1. The third-order valence-electron chi connectivity index (χ3n) is 2.89. The molecule has 0 radical (unpaired) electrons. The van der Waals surface area contributed by atoms with Gasteiger partial charge in [-0.25, -0.2) is 0 Å². The number of nitrogens with two attached hydrogens (primary N) is 1. The van der Waals surface area contributed by atoms with Gasteiger partial charge in [-0.2, -0.15) is 0 Å². The van der Waals surface area contributed by atoms with Crippen LogP contribution in [0.2, 0.25) is 0 Å². The summed E-state index contributed by atoms with van der Waals surface area (Å²) in [5.41, 5.74) is 7.62. The topological polar surface area (TPSA) is 61.5 Å². The van der Waals surface area contributed by atoms with Crippen LogP contribution in [-0.4, -0.2) is 26.2 Å². The van der Waals surface area contributed by atoms with Crippen LogP contribution in [0.3, 0.4) is 0 Å². The molecule has 0 saturated carbocycles. The average molecular weight is 251 g/mol. The molecule has 1 atom stereocenters. The van der Waals surface area contributed by atoms with Crippen LogP contribution in [-0.2, 0) is 16.0 Å². The minimum Gasteiger partial charge on any atom is -0.496 e. The van der Waals surface area contributed by atoms with Gasteiger partial charge in [0.2, 0.25) is 0 Å². The monoisotopic (exact) mass is 251 g/mol. The third-order valence-corrected chi connectivity index (χ3v) is 2.89. The normalized spacial score (nSPS) is 12.0. The lowest BCUT2D eigenvalue weighted by molar-refractivity contribution is -0.144. The highest BCUT2D eigenvalue weighted by molar-refractivity contribution is 5.78. The van der Waals surface area contributed by atoms with Crippen LogP contribution in [0.5, 0.6) is 5.75 Å². The molecule has 18 heavy (non-hydrogen) atoms. The SMILES string of the molecule is CCOC(=O)C(CN)c1ccc(OC)c(CC)c1. The highest BCUT2D eigenvalue weighted by Gasteiger charge is 2.21. The van der Waals surface area contributed by atoms with Crippen LogP contribution >= 0.6 is 0 Å². The summed E-state index contributed by atoms with van der Waals surface area (Å²) in [5, 5.41) is 0. The second-order valence-corrected chi connectivity index (χ2v) is 3.97. The molecule has 0 aromatic heterocycles. The number of rotatable bonds is 6. The number of esters is 1. The highest BCUT2D eigenvalue weighted by atomic mass is 16.5. The van der Waals surface area contributed by atoms with Gasteiger partial charge in [0.05, 0.1) is 19.6 Å². The van der Waals surface area contributed by atoms with E-state index in [4.69, 9.17) is 15.2 Å². The van der Waals surface area contributed by atoms with Crippen LogP contribution in [0.25, 0.3) is 0 Å². The van der Waals surface area contributed by atoms with Crippen molar-refractivity contribution < 1.29 is 14.3 Å². The van der Waals surface area contributed by atoms with Gasteiger partial charge in [0, 0.05) is 6.54 Å². The Bertz CT molecular complexity index is 404. The average Bonchev–Trinajstić information content (AvgIpc) is 2.39. The van der Waals surface area contributed by atoms with E-state index in [0.717, 1.165) is 23.3 Å². The minimum atomic E-state index is -0.402. The van der Waals surface area contributed by atoms with Crippen molar-refractivity contribution in [2.75, 3.05) is 20.3 Å². The van der Waals surface area contributed by atoms with E-state index in [1.165, 1.54) is 0 Å². The highest BCUT2D eigenvalue weighted by Crippen LogP contribution is 2.25. The molecule has 4 nitrogen and oxygen atoms in total. The summed E-state index contributed by atoms with van der Waals surface area (Å²) in [5.74, 6) is 0.161. The lowest BCUT2D eigenvalue weighted by Crippen LogP contribution is -2.23. The lowest BCUT2D eigenvalue weighted by Gasteiger charge is -2.16.